The number of hydrogen-bond acceptors (Lipinski definition) is 2. The maximum absolute atomic E-state index is 14.6. The molecule has 5 aromatic rings. The van der Waals surface area contributed by atoms with E-state index in [9.17, 15) is 22.0 Å². The number of aryl methyl sites for hydroxylation is 1. The molecular weight excluding hydrogens is 492 g/mol. The Kier molecular flexibility index (Phi) is 6.31. The van der Waals surface area contributed by atoms with Gasteiger partial charge < -0.3 is 0 Å². The summed E-state index contributed by atoms with van der Waals surface area (Å²) in [5.41, 5.74) is 0.352. The molecule has 0 N–H and O–H groups in total. The fourth-order valence-electron chi connectivity index (χ4n) is 4.32. The van der Waals surface area contributed by atoms with Gasteiger partial charge in [0.2, 0.25) is 5.82 Å². The minimum atomic E-state index is -2.19. The molecule has 0 saturated carbocycles. The van der Waals surface area contributed by atoms with Crippen molar-refractivity contribution in [2.24, 2.45) is 7.05 Å². The van der Waals surface area contributed by atoms with E-state index in [4.69, 9.17) is 0 Å². The van der Waals surface area contributed by atoms with E-state index in [0.29, 0.717) is 5.69 Å². The maximum Gasteiger partial charge on any atom is 0.200 e. The summed E-state index contributed by atoms with van der Waals surface area (Å²) in [6, 6.07) is 21.5. The molecule has 1 heterocycles. The van der Waals surface area contributed by atoms with E-state index in [1.165, 1.54) is 11.7 Å². The van der Waals surface area contributed by atoms with E-state index in [1.54, 1.807) is 0 Å². The summed E-state index contributed by atoms with van der Waals surface area (Å²) in [4.78, 5) is 0. The van der Waals surface area contributed by atoms with Gasteiger partial charge in [-0.15, -0.1) is 5.10 Å². The van der Waals surface area contributed by atoms with Crippen LogP contribution in [0.5, 0.6) is 0 Å². The van der Waals surface area contributed by atoms with E-state index in [0.717, 1.165) is 26.9 Å². The van der Waals surface area contributed by atoms with Gasteiger partial charge in [-0.05, 0) is 36.0 Å². The SMILES string of the molecule is Cn1nnc(-c2c(P(C)c3ccccc3)ccc3ccccc23)c1Cc1c(F)c(F)c(F)c(F)c1F. The first-order valence-electron chi connectivity index (χ1n) is 11.0. The van der Waals surface area contributed by atoms with Crippen molar-refractivity contribution in [1.29, 1.82) is 0 Å². The molecule has 0 bridgehead atoms. The van der Waals surface area contributed by atoms with Crippen LogP contribution in [0, 0.1) is 29.1 Å². The number of rotatable bonds is 5. The van der Waals surface area contributed by atoms with Crippen molar-refractivity contribution in [3.05, 3.63) is 107 Å². The molecule has 36 heavy (non-hydrogen) atoms. The van der Waals surface area contributed by atoms with Gasteiger partial charge in [0.15, 0.2) is 23.3 Å². The van der Waals surface area contributed by atoms with Gasteiger partial charge in [-0.25, -0.2) is 22.0 Å². The summed E-state index contributed by atoms with van der Waals surface area (Å²) in [6.07, 6.45) is -0.583. The van der Waals surface area contributed by atoms with Crippen LogP contribution in [0.25, 0.3) is 22.0 Å². The Morgan fingerprint density at radius 2 is 1.36 bits per heavy atom. The Morgan fingerprint density at radius 3 is 2.06 bits per heavy atom. The number of halogens is 5. The van der Waals surface area contributed by atoms with E-state index in [-0.39, 0.29) is 5.69 Å². The third-order valence-corrected chi connectivity index (χ3v) is 8.40. The smallest absolute Gasteiger partial charge is 0.200 e. The molecule has 0 aliphatic heterocycles. The molecule has 0 amide bonds. The summed E-state index contributed by atoms with van der Waals surface area (Å²) in [5.74, 6) is -9.87. The second-order valence-corrected chi connectivity index (χ2v) is 10.4. The summed E-state index contributed by atoms with van der Waals surface area (Å²) in [6.45, 7) is 2.10. The number of aromatic nitrogens is 3. The van der Waals surface area contributed by atoms with Gasteiger partial charge in [-0.2, -0.15) is 0 Å². The van der Waals surface area contributed by atoms with E-state index in [2.05, 4.69) is 17.0 Å². The Hall–Kier alpha value is -3.64. The lowest BCUT2D eigenvalue weighted by Crippen LogP contribution is -2.15. The third kappa shape index (κ3) is 3.95. The molecule has 1 atom stereocenters. The van der Waals surface area contributed by atoms with Crippen molar-refractivity contribution in [1.82, 2.24) is 15.0 Å². The molecule has 1 unspecified atom stereocenters. The van der Waals surface area contributed by atoms with Crippen molar-refractivity contribution >= 4 is 29.3 Å². The highest BCUT2D eigenvalue weighted by Crippen LogP contribution is 2.39. The fraction of sp³-hybridized carbons (Fsp3) is 0.111. The largest absolute Gasteiger partial charge is 0.251 e. The van der Waals surface area contributed by atoms with Gasteiger partial charge in [0.25, 0.3) is 0 Å². The Labute approximate surface area is 205 Å². The monoisotopic (exact) mass is 511 g/mol. The Balaban J connectivity index is 1.75. The van der Waals surface area contributed by atoms with Crippen molar-refractivity contribution in [3.63, 3.8) is 0 Å². The Morgan fingerprint density at radius 1 is 0.750 bits per heavy atom. The molecule has 0 spiro atoms. The standard InChI is InChI=1S/C27H19F5N3P/c1-35-19(14-18-22(28)24(30)26(32)25(31)23(18)29)27(33-34-35)21-17-11-7-6-8-15(17)12-13-20(21)36(2)16-9-4-3-5-10-16/h3-13H,14H2,1-2H3. The van der Waals surface area contributed by atoms with E-state index in [1.807, 2.05) is 66.7 Å². The molecule has 0 radical (unpaired) electrons. The lowest BCUT2D eigenvalue weighted by molar-refractivity contribution is 0.371. The second kappa shape index (κ2) is 9.43. The van der Waals surface area contributed by atoms with Gasteiger partial charge in [-0.3, -0.25) is 4.68 Å². The zero-order chi connectivity index (χ0) is 25.6. The molecule has 9 heteroatoms. The lowest BCUT2D eigenvalue weighted by atomic mass is 9.98. The van der Waals surface area contributed by atoms with Crippen molar-refractivity contribution in [2.45, 2.75) is 6.42 Å². The van der Waals surface area contributed by atoms with Crippen LogP contribution in [0.15, 0.2) is 66.7 Å². The van der Waals surface area contributed by atoms with Crippen LogP contribution in [0.1, 0.15) is 11.3 Å². The molecule has 1 aromatic heterocycles. The Bertz CT molecular complexity index is 1570. The fourth-order valence-corrected chi connectivity index (χ4v) is 6.08. The number of hydrogen-bond donors (Lipinski definition) is 0. The van der Waals surface area contributed by atoms with Crippen molar-refractivity contribution in [3.8, 4) is 11.3 Å². The number of fused-ring (bicyclic) bond motifs is 1. The van der Waals surface area contributed by atoms with Crippen LogP contribution in [0.2, 0.25) is 0 Å². The van der Waals surface area contributed by atoms with Gasteiger partial charge in [0.05, 0.1) is 5.69 Å². The van der Waals surface area contributed by atoms with Crippen LogP contribution in [0.3, 0.4) is 0 Å². The molecule has 4 aromatic carbocycles. The molecule has 0 fully saturated rings. The summed E-state index contributed by atoms with van der Waals surface area (Å²) >= 11 is 0. The summed E-state index contributed by atoms with van der Waals surface area (Å²) in [7, 11) is 0.650. The molecule has 0 aliphatic rings. The zero-order valence-corrected chi connectivity index (χ0v) is 20.1. The van der Waals surface area contributed by atoms with Crippen LogP contribution in [-0.2, 0) is 13.5 Å². The van der Waals surface area contributed by atoms with E-state index >= 15 is 0 Å². The minimum absolute atomic E-state index is 0.229. The van der Waals surface area contributed by atoms with Crippen molar-refractivity contribution in [2.75, 3.05) is 6.66 Å². The van der Waals surface area contributed by atoms with Crippen LogP contribution in [0.4, 0.5) is 22.0 Å². The predicted molar refractivity (Wildman–Crippen MR) is 132 cm³/mol. The van der Waals surface area contributed by atoms with Gasteiger partial charge in [-0.1, -0.05) is 71.9 Å². The van der Waals surface area contributed by atoms with E-state index < -0.39 is 49.0 Å². The summed E-state index contributed by atoms with van der Waals surface area (Å²) in [5, 5.41) is 12.2. The van der Waals surface area contributed by atoms with Gasteiger partial charge >= 0.3 is 0 Å². The quantitative estimate of drug-likeness (QED) is 0.126. The second-order valence-electron chi connectivity index (χ2n) is 8.31. The van der Waals surface area contributed by atoms with Gasteiger partial charge in [0.1, 0.15) is 5.69 Å². The maximum atomic E-state index is 14.6. The molecule has 182 valence electrons. The average Bonchev–Trinajstić information content (AvgIpc) is 3.27. The van der Waals surface area contributed by atoms with Crippen LogP contribution < -0.4 is 10.6 Å². The molecule has 5 rings (SSSR count). The average molecular weight is 511 g/mol. The topological polar surface area (TPSA) is 30.7 Å². The third-order valence-electron chi connectivity index (χ3n) is 6.24. The normalized spacial score (nSPS) is 12.3. The van der Waals surface area contributed by atoms with Crippen LogP contribution in [-0.4, -0.2) is 21.7 Å². The minimum Gasteiger partial charge on any atom is -0.251 e. The molecule has 0 aliphatic carbocycles. The number of benzene rings is 4. The molecular formula is C27H19F5N3P. The highest BCUT2D eigenvalue weighted by Gasteiger charge is 2.29. The zero-order valence-electron chi connectivity index (χ0n) is 19.2. The van der Waals surface area contributed by atoms with Crippen molar-refractivity contribution < 1.29 is 22.0 Å². The lowest BCUT2D eigenvalue weighted by Gasteiger charge is -2.19. The number of nitrogens with zero attached hydrogens (tertiary/aromatic N) is 3. The molecule has 3 nitrogen and oxygen atoms in total. The summed E-state index contributed by atoms with van der Waals surface area (Å²) < 4.78 is 71.9. The highest BCUT2D eigenvalue weighted by molar-refractivity contribution is 7.72. The first-order valence-corrected chi connectivity index (χ1v) is 12.8. The molecule has 0 saturated heterocycles. The first kappa shape index (κ1) is 24.1. The first-order chi connectivity index (χ1) is 17.3. The van der Waals surface area contributed by atoms with Gasteiger partial charge in [0, 0.05) is 24.6 Å². The van der Waals surface area contributed by atoms with Crippen LogP contribution >= 0.6 is 7.92 Å². The predicted octanol–water partition coefficient (Wildman–Crippen LogP) is 5.98. The highest BCUT2D eigenvalue weighted by atomic mass is 31.1.